The van der Waals surface area contributed by atoms with Crippen molar-refractivity contribution in [2.45, 2.75) is 175 Å². The van der Waals surface area contributed by atoms with E-state index in [4.69, 9.17) is 8.83 Å². The summed E-state index contributed by atoms with van der Waals surface area (Å²) in [5.41, 5.74) is 30.7. The quantitative estimate of drug-likeness (QED) is 0.155. The van der Waals surface area contributed by atoms with Crippen molar-refractivity contribution in [3.63, 3.8) is 0 Å². The molecule has 95 heavy (non-hydrogen) atoms. The van der Waals surface area contributed by atoms with Crippen LogP contribution in [0.15, 0.2) is 203 Å². The molecule has 0 radical (unpaired) electrons. The molecule has 16 rings (SSSR count). The highest BCUT2D eigenvalue weighted by molar-refractivity contribution is 6.93. The Labute approximate surface area is 563 Å². The van der Waals surface area contributed by atoms with Crippen LogP contribution < -0.4 is 25.7 Å². The molecule has 2 aliphatic carbocycles. The number of furan rings is 2. The van der Waals surface area contributed by atoms with Gasteiger partial charge < -0.3 is 23.4 Å². The van der Waals surface area contributed by atoms with E-state index in [0.29, 0.717) is 0 Å². The second-order valence-corrected chi connectivity index (χ2v) is 34.1. The topological polar surface area (TPSA) is 36.0 Å². The molecule has 476 valence electrons. The Morgan fingerprint density at radius 2 is 0.937 bits per heavy atom. The molecule has 6 heteroatoms. The van der Waals surface area contributed by atoms with Crippen LogP contribution in [-0.4, -0.2) is 6.85 Å². The highest BCUT2D eigenvalue weighted by Gasteiger charge is 2.52. The molecule has 0 spiro atoms. The van der Waals surface area contributed by atoms with Crippen molar-refractivity contribution in [2.75, 3.05) is 14.6 Å². The van der Waals surface area contributed by atoms with Gasteiger partial charge in [-0.1, -0.05) is 222 Å². The summed E-state index contributed by atoms with van der Waals surface area (Å²) in [6.07, 6.45) is 2.20. The van der Waals surface area contributed by atoms with Gasteiger partial charge >= 0.3 is 6.85 Å². The predicted molar refractivity (Wildman–Crippen MR) is 405 cm³/mol. The van der Waals surface area contributed by atoms with Gasteiger partial charge in [0.25, 0.3) is 0 Å². The van der Waals surface area contributed by atoms with Crippen molar-refractivity contribution in [2.24, 2.45) is 0 Å². The minimum absolute atomic E-state index is 0.0174. The van der Waals surface area contributed by atoms with Crippen LogP contribution in [0.2, 0.25) is 0 Å². The maximum Gasteiger partial charge on any atom is 0.376 e. The fourth-order valence-corrected chi connectivity index (χ4v) is 16.5. The fourth-order valence-electron chi connectivity index (χ4n) is 16.5. The molecule has 0 atom stereocenters. The Hall–Kier alpha value is -9.00. The molecular weight excluding hydrogens is 1150 g/mol. The van der Waals surface area contributed by atoms with Crippen LogP contribution in [0, 0.1) is 0 Å². The molecule has 0 unspecified atom stereocenters. The standard InChI is InChI=1S/C89H90BN3O2/c1-83(2,3)54-28-35-58(36-29-54)91(59-37-30-55(31-38-59)84(4,5)6)61-41-42-70-64(47-61)65-48-66-67-49-68-62-26-22-23-27-76(62)94-81(68)80-78(67)90(93(75(66)51-71(65)89(70,17)18)60-39-32-56(33-40-60)85(7,8)9)82-79(69-50-72-73(52-77(69)95-82)88(15,16)45-44-87(72,13)14)92(80)74-43-34-57(86(10,11)12)46-63(74)53-24-20-19-21-25-53/h19-43,46-52H,44-45H2,1-18H3. The number of anilines is 8. The molecule has 12 aromatic rings. The lowest BCUT2D eigenvalue weighted by molar-refractivity contribution is 0.332. The minimum Gasteiger partial charge on any atom is -0.466 e. The predicted octanol–water partition coefficient (Wildman–Crippen LogP) is 24.0. The van der Waals surface area contributed by atoms with E-state index < -0.39 is 6.85 Å². The minimum atomic E-state index is -0.421. The number of benzene rings is 10. The Morgan fingerprint density at radius 3 is 1.55 bits per heavy atom. The molecule has 10 aromatic carbocycles. The van der Waals surface area contributed by atoms with Gasteiger partial charge in [0, 0.05) is 61.1 Å². The van der Waals surface area contributed by atoms with Gasteiger partial charge in [-0.05, 0) is 215 Å². The zero-order valence-electron chi connectivity index (χ0n) is 59.1. The third kappa shape index (κ3) is 9.45. The van der Waals surface area contributed by atoms with E-state index in [1.165, 1.54) is 66.8 Å². The summed E-state index contributed by atoms with van der Waals surface area (Å²) in [5.74, 6) is 0. The van der Waals surface area contributed by atoms with E-state index in [9.17, 15) is 0 Å². The lowest BCUT2D eigenvalue weighted by atomic mass is 9.45. The molecule has 2 aromatic heterocycles. The summed E-state index contributed by atoms with van der Waals surface area (Å²) in [6.45, 7) is 41.9. The smallest absolute Gasteiger partial charge is 0.376 e. The first-order valence-electron chi connectivity index (χ1n) is 34.7. The normalized spacial score (nSPS) is 16.0. The first-order chi connectivity index (χ1) is 44.9. The van der Waals surface area contributed by atoms with E-state index in [0.717, 1.165) is 113 Å². The van der Waals surface area contributed by atoms with Crippen molar-refractivity contribution in [3.05, 3.63) is 239 Å². The van der Waals surface area contributed by atoms with Gasteiger partial charge in [-0.3, -0.25) is 0 Å². The number of rotatable bonds is 6. The molecule has 5 nitrogen and oxygen atoms in total. The molecule has 0 saturated heterocycles. The number of para-hydroxylation sites is 1. The molecule has 4 aliphatic rings. The molecule has 2 aliphatic heterocycles. The van der Waals surface area contributed by atoms with Gasteiger partial charge in [-0.25, -0.2) is 0 Å². The summed E-state index contributed by atoms with van der Waals surface area (Å²) >= 11 is 0. The van der Waals surface area contributed by atoms with E-state index >= 15 is 0 Å². The lowest BCUT2D eigenvalue weighted by Crippen LogP contribution is -2.61. The molecule has 0 bridgehead atoms. The van der Waals surface area contributed by atoms with Gasteiger partial charge in [-0.2, -0.15) is 0 Å². The van der Waals surface area contributed by atoms with Crippen molar-refractivity contribution in [3.8, 4) is 33.4 Å². The summed E-state index contributed by atoms with van der Waals surface area (Å²) in [6, 6.07) is 74.8. The van der Waals surface area contributed by atoms with E-state index in [1.54, 1.807) is 0 Å². The molecule has 0 amide bonds. The Bertz CT molecular complexity index is 5070. The van der Waals surface area contributed by atoms with Crippen molar-refractivity contribution >= 4 is 96.4 Å². The highest BCUT2D eigenvalue weighted by atomic mass is 16.3. The van der Waals surface area contributed by atoms with Crippen LogP contribution in [0.4, 0.5) is 45.5 Å². The molecule has 0 saturated carbocycles. The summed E-state index contributed by atoms with van der Waals surface area (Å²) in [7, 11) is 0. The van der Waals surface area contributed by atoms with E-state index in [2.05, 4.69) is 333 Å². The third-order valence-electron chi connectivity index (χ3n) is 22.3. The maximum absolute atomic E-state index is 7.98. The summed E-state index contributed by atoms with van der Waals surface area (Å²) in [5, 5.41) is 3.30. The zero-order chi connectivity index (χ0) is 66.6. The fraction of sp³-hybridized carbons (Fsp3) is 0.303. The average molecular weight is 1240 g/mol. The van der Waals surface area contributed by atoms with Crippen LogP contribution in [0.3, 0.4) is 0 Å². The molecule has 4 heterocycles. The SMILES string of the molecule is CC(C)(C)c1ccc(N2B3c4oc5cc6c(cc5c4N(c4ccc(C(C)(C)C)cc4-c4ccccc4)c4c3c(cc3c4oc4ccccc43)-c3cc4c(cc32)C(C)(C)c2ccc(N(c3ccc(C(C)(C)C)cc3)c3ccc(C(C)(C)C)cc3)cc2-4)C(C)(C)CCC6(C)C)cc1. The van der Waals surface area contributed by atoms with Crippen molar-refractivity contribution < 1.29 is 8.83 Å². The molecular formula is C89H90BN3O2. The monoisotopic (exact) mass is 1240 g/mol. The van der Waals surface area contributed by atoms with Crippen LogP contribution in [0.25, 0.3) is 66.3 Å². The first kappa shape index (κ1) is 60.9. The third-order valence-corrected chi connectivity index (χ3v) is 22.3. The Kier molecular flexibility index (Phi) is 13.2. The van der Waals surface area contributed by atoms with Gasteiger partial charge in [0.2, 0.25) is 0 Å². The highest BCUT2D eigenvalue weighted by Crippen LogP contribution is 2.59. The molecule has 0 N–H and O–H groups in total. The van der Waals surface area contributed by atoms with Crippen LogP contribution in [0.5, 0.6) is 0 Å². The average Bonchev–Trinajstić information content (AvgIpc) is 1.63. The Morgan fingerprint density at radius 1 is 0.389 bits per heavy atom. The van der Waals surface area contributed by atoms with Crippen molar-refractivity contribution in [1.82, 2.24) is 0 Å². The number of hydrogen-bond acceptors (Lipinski definition) is 5. The maximum atomic E-state index is 7.98. The lowest BCUT2D eigenvalue weighted by Gasteiger charge is -2.44. The van der Waals surface area contributed by atoms with Crippen LogP contribution in [-0.2, 0) is 37.9 Å². The first-order valence-corrected chi connectivity index (χ1v) is 34.7. The van der Waals surface area contributed by atoms with Crippen molar-refractivity contribution in [1.29, 1.82) is 0 Å². The zero-order valence-corrected chi connectivity index (χ0v) is 59.1. The van der Waals surface area contributed by atoms with Gasteiger partial charge in [0.1, 0.15) is 16.8 Å². The van der Waals surface area contributed by atoms with Crippen LogP contribution >= 0.6 is 0 Å². The number of hydrogen-bond donors (Lipinski definition) is 0. The largest absolute Gasteiger partial charge is 0.466 e. The summed E-state index contributed by atoms with van der Waals surface area (Å²) < 4.78 is 15.5. The number of fused-ring (bicyclic) bond motifs is 14. The van der Waals surface area contributed by atoms with E-state index in [1.807, 2.05) is 0 Å². The second kappa shape index (κ2) is 20.5. The summed E-state index contributed by atoms with van der Waals surface area (Å²) in [4.78, 5) is 7.72. The van der Waals surface area contributed by atoms with Gasteiger partial charge in [-0.15, -0.1) is 0 Å². The van der Waals surface area contributed by atoms with E-state index in [-0.39, 0.29) is 37.9 Å². The van der Waals surface area contributed by atoms with Crippen LogP contribution in [0.1, 0.15) is 182 Å². The van der Waals surface area contributed by atoms with Gasteiger partial charge in [0.05, 0.1) is 17.1 Å². The Balaban J connectivity index is 1.02. The number of nitrogens with zero attached hydrogens (tertiary/aromatic N) is 3. The molecule has 0 fully saturated rings. The second-order valence-electron chi connectivity index (χ2n) is 34.1. The van der Waals surface area contributed by atoms with Gasteiger partial charge in [0.15, 0.2) is 5.58 Å².